The Balaban J connectivity index is 2.41. The fraction of sp³-hybridized carbons (Fsp3) is 0.526. The zero-order valence-corrected chi connectivity index (χ0v) is 13.9. The van der Waals surface area contributed by atoms with Crippen molar-refractivity contribution < 1.29 is 14.3 Å². The van der Waals surface area contributed by atoms with Gasteiger partial charge in [-0.05, 0) is 37.3 Å². The van der Waals surface area contributed by atoms with Gasteiger partial charge in [0.25, 0.3) is 0 Å². The zero-order valence-electron chi connectivity index (χ0n) is 13.9. The number of carboxylic acid groups (broad SMARTS) is 1. The number of aliphatic carboxylic acids is 1. The fourth-order valence-corrected chi connectivity index (χ4v) is 4.08. The van der Waals surface area contributed by atoms with Crippen LogP contribution in [0.25, 0.3) is 0 Å². The molecule has 1 saturated carbocycles. The van der Waals surface area contributed by atoms with Gasteiger partial charge >= 0.3 is 0 Å². The van der Waals surface area contributed by atoms with Gasteiger partial charge in [0.05, 0.1) is 12.7 Å². The summed E-state index contributed by atoms with van der Waals surface area (Å²) in [7, 11) is 0. The van der Waals surface area contributed by atoms with Crippen LogP contribution in [0.15, 0.2) is 28.4 Å². The van der Waals surface area contributed by atoms with E-state index < -0.39 is 16.8 Å². The van der Waals surface area contributed by atoms with E-state index in [0.717, 1.165) is 11.1 Å². The van der Waals surface area contributed by atoms with Crippen LogP contribution in [0.4, 0.5) is 0 Å². The van der Waals surface area contributed by atoms with Gasteiger partial charge in [0.15, 0.2) is 0 Å². The lowest BCUT2D eigenvalue weighted by Crippen LogP contribution is -2.39. The summed E-state index contributed by atoms with van der Waals surface area (Å²) in [6.45, 7) is 9.96. The molecule has 2 unspecified atom stereocenters. The summed E-state index contributed by atoms with van der Waals surface area (Å²) < 4.78 is 5.40. The highest BCUT2D eigenvalue weighted by atomic mass is 16.4. The van der Waals surface area contributed by atoms with Gasteiger partial charge in [-0.1, -0.05) is 38.3 Å². The van der Waals surface area contributed by atoms with E-state index in [0.29, 0.717) is 18.6 Å². The molecule has 0 spiro atoms. The standard InChI is InChI=1S/C19H24O3/c1-7-8-15-9-14(12-22-15)11-19(16(20)21)17(4,5)18(19,6)10-13(2)3/h1,9-10,12H,8,11H2,2-6H3,(H,20,21)/p-1. The van der Waals surface area contributed by atoms with Gasteiger partial charge in [-0.3, -0.25) is 0 Å². The van der Waals surface area contributed by atoms with Gasteiger partial charge in [-0.2, -0.15) is 0 Å². The monoisotopic (exact) mass is 299 g/mol. The number of rotatable bonds is 5. The topological polar surface area (TPSA) is 53.3 Å². The van der Waals surface area contributed by atoms with Gasteiger partial charge in [0, 0.05) is 16.8 Å². The lowest BCUT2D eigenvalue weighted by Gasteiger charge is -2.23. The Labute approximate surface area is 132 Å². The quantitative estimate of drug-likeness (QED) is 0.620. The lowest BCUT2D eigenvalue weighted by atomic mass is 9.87. The van der Waals surface area contributed by atoms with E-state index >= 15 is 0 Å². The van der Waals surface area contributed by atoms with E-state index in [-0.39, 0.29) is 5.41 Å². The summed E-state index contributed by atoms with van der Waals surface area (Å²) in [6.07, 6.45) is 9.74. The van der Waals surface area contributed by atoms with Crippen LogP contribution in [0.3, 0.4) is 0 Å². The van der Waals surface area contributed by atoms with Crippen molar-refractivity contribution in [1.82, 2.24) is 0 Å². The first kappa shape index (κ1) is 16.4. The second kappa shape index (κ2) is 5.05. The number of terminal acetylenes is 1. The Morgan fingerprint density at radius 1 is 1.41 bits per heavy atom. The van der Waals surface area contributed by atoms with E-state index in [9.17, 15) is 9.90 Å². The molecule has 1 aliphatic carbocycles. The molecule has 118 valence electrons. The SMILES string of the molecule is C#CCc1cc(CC2(C(=O)[O-])C(C)(C)C2(C)C=C(C)C)co1. The molecule has 3 heteroatoms. The first-order valence-corrected chi connectivity index (χ1v) is 7.49. The Hall–Kier alpha value is -1.95. The van der Waals surface area contributed by atoms with Crippen molar-refractivity contribution >= 4 is 5.97 Å². The van der Waals surface area contributed by atoms with Crippen molar-refractivity contribution in [3.8, 4) is 12.3 Å². The maximum absolute atomic E-state index is 12.0. The molecule has 0 amide bonds. The molecule has 1 aliphatic rings. The van der Waals surface area contributed by atoms with Crippen molar-refractivity contribution in [2.75, 3.05) is 0 Å². The van der Waals surface area contributed by atoms with E-state index in [1.54, 1.807) is 6.26 Å². The third kappa shape index (κ3) is 2.01. The summed E-state index contributed by atoms with van der Waals surface area (Å²) in [5.41, 5.74) is 0.197. The highest BCUT2D eigenvalue weighted by Crippen LogP contribution is 2.79. The molecule has 1 aromatic heterocycles. The van der Waals surface area contributed by atoms with Crippen LogP contribution in [0, 0.1) is 28.6 Å². The van der Waals surface area contributed by atoms with Crippen LogP contribution in [0.5, 0.6) is 0 Å². The second-order valence-corrected chi connectivity index (χ2v) is 7.22. The lowest BCUT2D eigenvalue weighted by molar-refractivity contribution is -0.316. The zero-order chi connectivity index (χ0) is 16.8. The number of carbonyl (C=O) groups excluding carboxylic acids is 1. The summed E-state index contributed by atoms with van der Waals surface area (Å²) in [5, 5.41) is 12.0. The Kier molecular flexibility index (Phi) is 3.77. The molecule has 0 aromatic carbocycles. The minimum Gasteiger partial charge on any atom is -0.549 e. The predicted octanol–water partition coefficient (Wildman–Crippen LogP) is 2.75. The molecule has 0 radical (unpaired) electrons. The van der Waals surface area contributed by atoms with Crippen molar-refractivity contribution in [3.63, 3.8) is 0 Å². The van der Waals surface area contributed by atoms with Crippen LogP contribution in [0.2, 0.25) is 0 Å². The maximum Gasteiger partial charge on any atom is 0.115 e. The number of carboxylic acids is 1. The van der Waals surface area contributed by atoms with E-state index in [1.165, 1.54) is 0 Å². The van der Waals surface area contributed by atoms with Gasteiger partial charge < -0.3 is 14.3 Å². The largest absolute Gasteiger partial charge is 0.549 e. The average Bonchev–Trinajstić information content (AvgIpc) is 2.70. The predicted molar refractivity (Wildman–Crippen MR) is 83.7 cm³/mol. The third-order valence-corrected chi connectivity index (χ3v) is 5.57. The first-order chi connectivity index (χ1) is 10.1. The molecule has 0 saturated heterocycles. The maximum atomic E-state index is 12.0. The minimum atomic E-state index is -1.00. The van der Waals surface area contributed by atoms with Gasteiger partial charge in [0.1, 0.15) is 5.76 Å². The van der Waals surface area contributed by atoms with E-state index in [1.807, 2.05) is 40.7 Å². The van der Waals surface area contributed by atoms with E-state index in [4.69, 9.17) is 10.8 Å². The summed E-state index contributed by atoms with van der Waals surface area (Å²) >= 11 is 0. The number of carbonyl (C=O) groups is 1. The molecule has 0 N–H and O–H groups in total. The second-order valence-electron chi connectivity index (χ2n) is 7.22. The van der Waals surface area contributed by atoms with E-state index in [2.05, 4.69) is 12.0 Å². The molecule has 3 nitrogen and oxygen atoms in total. The van der Waals surface area contributed by atoms with Crippen molar-refractivity contribution in [2.45, 2.75) is 47.5 Å². The van der Waals surface area contributed by atoms with Crippen LogP contribution in [0.1, 0.15) is 45.9 Å². The molecular weight excluding hydrogens is 276 g/mol. The summed E-state index contributed by atoms with van der Waals surface area (Å²) in [4.78, 5) is 12.0. The Morgan fingerprint density at radius 3 is 2.55 bits per heavy atom. The Bertz CT molecular complexity index is 667. The molecule has 0 bridgehead atoms. The fourth-order valence-electron chi connectivity index (χ4n) is 4.08. The molecule has 0 aliphatic heterocycles. The molecule has 22 heavy (non-hydrogen) atoms. The highest BCUT2D eigenvalue weighted by Gasteiger charge is 2.78. The summed E-state index contributed by atoms with van der Waals surface area (Å²) in [5.74, 6) is 2.21. The smallest absolute Gasteiger partial charge is 0.115 e. The molecule has 2 atom stereocenters. The number of hydrogen-bond donors (Lipinski definition) is 0. The third-order valence-electron chi connectivity index (χ3n) is 5.57. The normalized spacial score (nSPS) is 28.7. The van der Waals surface area contributed by atoms with Gasteiger partial charge in [0.2, 0.25) is 0 Å². The summed E-state index contributed by atoms with van der Waals surface area (Å²) in [6, 6.07) is 1.85. The first-order valence-electron chi connectivity index (χ1n) is 7.49. The van der Waals surface area contributed by atoms with Crippen molar-refractivity contribution in [3.05, 3.63) is 35.3 Å². The molecular formula is C19H23O3-. The Morgan fingerprint density at radius 2 is 2.05 bits per heavy atom. The number of allylic oxidation sites excluding steroid dienone is 2. The van der Waals surface area contributed by atoms with Gasteiger partial charge in [-0.25, -0.2) is 0 Å². The highest BCUT2D eigenvalue weighted by molar-refractivity contribution is 5.82. The molecule has 2 rings (SSSR count). The van der Waals surface area contributed by atoms with Crippen LogP contribution < -0.4 is 5.11 Å². The van der Waals surface area contributed by atoms with Crippen LogP contribution in [-0.2, 0) is 17.6 Å². The molecule has 1 fully saturated rings. The average molecular weight is 299 g/mol. The van der Waals surface area contributed by atoms with Gasteiger partial charge in [-0.15, -0.1) is 6.42 Å². The minimum absolute atomic E-state index is 0.386. The van der Waals surface area contributed by atoms with Crippen LogP contribution >= 0.6 is 0 Å². The molecule has 1 aromatic rings. The van der Waals surface area contributed by atoms with Crippen LogP contribution in [-0.4, -0.2) is 5.97 Å². The number of furan rings is 1. The van der Waals surface area contributed by atoms with Crippen molar-refractivity contribution in [1.29, 1.82) is 0 Å². The number of hydrogen-bond acceptors (Lipinski definition) is 3. The molecule has 1 heterocycles. The van der Waals surface area contributed by atoms with Crippen molar-refractivity contribution in [2.24, 2.45) is 16.2 Å².